The van der Waals surface area contributed by atoms with Crippen LogP contribution in [0.25, 0.3) is 0 Å². The molecule has 0 aromatic carbocycles. The van der Waals surface area contributed by atoms with Crippen LogP contribution >= 0.6 is 0 Å². The number of nitrogens with one attached hydrogen (secondary N) is 1. The molecule has 1 amide bonds. The molecule has 88 valence electrons. The first kappa shape index (κ1) is 12.5. The van der Waals surface area contributed by atoms with E-state index in [9.17, 15) is 4.79 Å². The summed E-state index contributed by atoms with van der Waals surface area (Å²) in [6.45, 7) is 6.64. The quantitative estimate of drug-likeness (QED) is 0.251. The van der Waals surface area contributed by atoms with E-state index in [1.165, 1.54) is 6.26 Å². The second-order valence-corrected chi connectivity index (χ2v) is 3.53. The molecule has 0 fully saturated rings. The van der Waals surface area contributed by atoms with E-state index in [1.54, 1.807) is 6.07 Å². The summed E-state index contributed by atoms with van der Waals surface area (Å²) in [5.41, 5.74) is 3.49. The number of carbonyl (C=O) groups is 1. The molecular formula is C11H16N2O3. The van der Waals surface area contributed by atoms with Crippen LogP contribution in [0.5, 0.6) is 0 Å². The molecule has 0 unspecified atom stereocenters. The van der Waals surface area contributed by atoms with Crippen molar-refractivity contribution in [3.63, 3.8) is 0 Å². The van der Waals surface area contributed by atoms with Gasteiger partial charge >= 0.3 is 0 Å². The third-order valence-electron chi connectivity index (χ3n) is 1.96. The molecule has 16 heavy (non-hydrogen) atoms. The minimum atomic E-state index is -0.378. The van der Waals surface area contributed by atoms with Crippen LogP contribution in [0.3, 0.4) is 0 Å². The monoisotopic (exact) mass is 224 g/mol. The fourth-order valence-corrected chi connectivity index (χ4v) is 1.08. The minimum absolute atomic E-state index is 0.338. The lowest BCUT2D eigenvalue weighted by atomic mass is 10.3. The van der Waals surface area contributed by atoms with E-state index in [-0.39, 0.29) is 5.91 Å². The fourth-order valence-electron chi connectivity index (χ4n) is 1.08. The van der Waals surface area contributed by atoms with E-state index < -0.39 is 0 Å². The average molecular weight is 224 g/mol. The average Bonchev–Trinajstić information content (AvgIpc) is 2.71. The standard InChI is InChI=1S/C11H16N2O3/c1-8(2)3-4-15-7-10-5-9(6-16-10)11(14)13-12/h5-6H,1,3-4,7,12H2,2H3,(H,13,14). The molecule has 3 N–H and O–H groups in total. The molecule has 0 aliphatic carbocycles. The van der Waals surface area contributed by atoms with Crippen molar-refractivity contribution in [1.82, 2.24) is 5.43 Å². The summed E-state index contributed by atoms with van der Waals surface area (Å²) in [5.74, 6) is 5.21. The van der Waals surface area contributed by atoms with E-state index >= 15 is 0 Å². The van der Waals surface area contributed by atoms with Gasteiger partial charge in [-0.05, 0) is 19.4 Å². The maximum Gasteiger partial charge on any atom is 0.268 e. The summed E-state index contributed by atoms with van der Waals surface area (Å²) < 4.78 is 10.5. The summed E-state index contributed by atoms with van der Waals surface area (Å²) in [7, 11) is 0. The van der Waals surface area contributed by atoms with Crippen molar-refractivity contribution >= 4 is 5.91 Å². The van der Waals surface area contributed by atoms with Crippen LogP contribution in [-0.2, 0) is 11.3 Å². The molecule has 0 atom stereocenters. The Kier molecular flexibility index (Phi) is 4.75. The second-order valence-electron chi connectivity index (χ2n) is 3.53. The van der Waals surface area contributed by atoms with Gasteiger partial charge in [0.15, 0.2) is 0 Å². The summed E-state index contributed by atoms with van der Waals surface area (Å²) in [4.78, 5) is 11.1. The van der Waals surface area contributed by atoms with Crippen molar-refractivity contribution in [3.8, 4) is 0 Å². The van der Waals surface area contributed by atoms with Gasteiger partial charge in [0, 0.05) is 0 Å². The molecule has 1 aromatic heterocycles. The Morgan fingerprint density at radius 2 is 2.44 bits per heavy atom. The SMILES string of the molecule is C=C(C)CCOCc1cc(C(=O)NN)co1. The summed E-state index contributed by atoms with van der Waals surface area (Å²) >= 11 is 0. The summed E-state index contributed by atoms with van der Waals surface area (Å²) in [5, 5.41) is 0. The van der Waals surface area contributed by atoms with E-state index in [0.29, 0.717) is 24.5 Å². The largest absolute Gasteiger partial charge is 0.466 e. The van der Waals surface area contributed by atoms with Crippen molar-refractivity contribution in [2.24, 2.45) is 5.84 Å². The van der Waals surface area contributed by atoms with Gasteiger partial charge < -0.3 is 9.15 Å². The van der Waals surface area contributed by atoms with Crippen molar-refractivity contribution in [1.29, 1.82) is 0 Å². The van der Waals surface area contributed by atoms with E-state index in [2.05, 4.69) is 6.58 Å². The number of nitrogen functional groups attached to an aromatic ring is 1. The van der Waals surface area contributed by atoms with Crippen LogP contribution in [0.4, 0.5) is 0 Å². The van der Waals surface area contributed by atoms with Gasteiger partial charge in [-0.1, -0.05) is 5.57 Å². The van der Waals surface area contributed by atoms with Crippen LogP contribution in [0, 0.1) is 0 Å². The van der Waals surface area contributed by atoms with Crippen molar-refractivity contribution in [3.05, 3.63) is 35.8 Å². The van der Waals surface area contributed by atoms with Crippen LogP contribution in [0.1, 0.15) is 29.5 Å². The minimum Gasteiger partial charge on any atom is -0.466 e. The smallest absolute Gasteiger partial charge is 0.268 e. The molecule has 0 radical (unpaired) electrons. The number of hydrogen-bond acceptors (Lipinski definition) is 4. The zero-order valence-corrected chi connectivity index (χ0v) is 9.29. The van der Waals surface area contributed by atoms with Gasteiger partial charge in [0.1, 0.15) is 18.6 Å². The molecule has 0 aliphatic heterocycles. The number of nitrogens with two attached hydrogens (primary N) is 1. The fraction of sp³-hybridized carbons (Fsp3) is 0.364. The van der Waals surface area contributed by atoms with Crippen LogP contribution in [-0.4, -0.2) is 12.5 Å². The first-order valence-electron chi connectivity index (χ1n) is 4.94. The van der Waals surface area contributed by atoms with Crippen LogP contribution in [0.15, 0.2) is 28.9 Å². The number of hydrazine groups is 1. The van der Waals surface area contributed by atoms with Gasteiger partial charge in [-0.25, -0.2) is 5.84 Å². The first-order valence-corrected chi connectivity index (χ1v) is 4.94. The molecule has 1 aromatic rings. The van der Waals surface area contributed by atoms with E-state index in [4.69, 9.17) is 15.0 Å². The lowest BCUT2D eigenvalue weighted by molar-refractivity contribution is 0.0953. The normalized spacial score (nSPS) is 10.1. The lowest BCUT2D eigenvalue weighted by Gasteiger charge is -2.00. The highest BCUT2D eigenvalue weighted by Crippen LogP contribution is 2.09. The predicted octanol–water partition coefficient (Wildman–Crippen LogP) is 1.37. The molecule has 0 bridgehead atoms. The number of carbonyl (C=O) groups excluding carboxylic acids is 1. The zero-order valence-electron chi connectivity index (χ0n) is 9.29. The zero-order chi connectivity index (χ0) is 12.0. The number of ether oxygens (including phenoxy) is 1. The lowest BCUT2D eigenvalue weighted by Crippen LogP contribution is -2.29. The molecule has 0 aliphatic rings. The topological polar surface area (TPSA) is 77.5 Å². The third kappa shape index (κ3) is 3.88. The van der Waals surface area contributed by atoms with Gasteiger partial charge in [-0.15, -0.1) is 6.58 Å². The molecule has 0 saturated heterocycles. The molecule has 1 heterocycles. The Hall–Kier alpha value is -1.59. The number of furan rings is 1. The second kappa shape index (κ2) is 6.09. The highest BCUT2D eigenvalue weighted by molar-refractivity contribution is 5.93. The molecule has 0 saturated carbocycles. The third-order valence-corrected chi connectivity index (χ3v) is 1.96. The van der Waals surface area contributed by atoms with Gasteiger partial charge in [0.05, 0.1) is 12.2 Å². The Morgan fingerprint density at radius 3 is 3.06 bits per heavy atom. The Balaban J connectivity index is 2.35. The van der Waals surface area contributed by atoms with Gasteiger partial charge in [0.25, 0.3) is 5.91 Å². The molecular weight excluding hydrogens is 208 g/mol. The van der Waals surface area contributed by atoms with Crippen molar-refractivity contribution in [2.75, 3.05) is 6.61 Å². The Morgan fingerprint density at radius 1 is 1.69 bits per heavy atom. The number of rotatable bonds is 6. The van der Waals surface area contributed by atoms with Gasteiger partial charge in [0.2, 0.25) is 0 Å². The maximum absolute atomic E-state index is 11.1. The maximum atomic E-state index is 11.1. The molecule has 1 rings (SSSR count). The number of amides is 1. The number of hydrogen-bond donors (Lipinski definition) is 2. The summed E-state index contributed by atoms with van der Waals surface area (Å²) in [6.07, 6.45) is 2.16. The van der Waals surface area contributed by atoms with E-state index in [1.807, 2.05) is 12.3 Å². The van der Waals surface area contributed by atoms with Crippen LogP contribution < -0.4 is 11.3 Å². The summed E-state index contributed by atoms with van der Waals surface area (Å²) in [6, 6.07) is 1.60. The molecule has 5 nitrogen and oxygen atoms in total. The highest BCUT2D eigenvalue weighted by Gasteiger charge is 2.08. The first-order chi connectivity index (χ1) is 7.63. The van der Waals surface area contributed by atoms with Crippen LogP contribution in [0.2, 0.25) is 0 Å². The predicted molar refractivity (Wildman–Crippen MR) is 59.4 cm³/mol. The molecule has 0 spiro atoms. The van der Waals surface area contributed by atoms with Crippen molar-refractivity contribution in [2.45, 2.75) is 20.0 Å². The Bertz CT molecular complexity index is 371. The molecule has 5 heteroatoms. The van der Waals surface area contributed by atoms with Gasteiger partial charge in [-0.2, -0.15) is 0 Å². The van der Waals surface area contributed by atoms with Gasteiger partial charge in [-0.3, -0.25) is 10.2 Å². The van der Waals surface area contributed by atoms with Crippen molar-refractivity contribution < 1.29 is 13.9 Å². The highest BCUT2D eigenvalue weighted by atomic mass is 16.5. The Labute approximate surface area is 94.2 Å². The van der Waals surface area contributed by atoms with E-state index in [0.717, 1.165) is 12.0 Å².